The van der Waals surface area contributed by atoms with Gasteiger partial charge in [0.2, 0.25) is 0 Å². The summed E-state index contributed by atoms with van der Waals surface area (Å²) in [5.74, 6) is 0.179. The Labute approximate surface area is 138 Å². The zero-order valence-corrected chi connectivity index (χ0v) is 14.4. The molecule has 0 aromatic heterocycles. The number of ether oxygens (including phenoxy) is 1. The van der Waals surface area contributed by atoms with Gasteiger partial charge in [0.1, 0.15) is 11.4 Å². The van der Waals surface area contributed by atoms with Gasteiger partial charge in [0.25, 0.3) is 0 Å². The van der Waals surface area contributed by atoms with Crippen LogP contribution in [0.3, 0.4) is 0 Å². The van der Waals surface area contributed by atoms with Crippen molar-refractivity contribution in [1.82, 2.24) is 4.90 Å². The second-order valence-corrected chi connectivity index (χ2v) is 7.22. The second kappa shape index (κ2) is 7.20. The average Bonchev–Trinajstić information content (AvgIpc) is 2.48. The van der Waals surface area contributed by atoms with E-state index < -0.39 is 5.60 Å². The maximum Gasteiger partial charge on any atom is 0.410 e. The first-order valence-corrected chi connectivity index (χ1v) is 8.25. The molecule has 1 heterocycles. The van der Waals surface area contributed by atoms with E-state index in [4.69, 9.17) is 4.74 Å². The van der Waals surface area contributed by atoms with E-state index in [0.717, 1.165) is 12.8 Å². The van der Waals surface area contributed by atoms with Gasteiger partial charge in [0.15, 0.2) is 0 Å². The van der Waals surface area contributed by atoms with Gasteiger partial charge < -0.3 is 15.0 Å². The number of rotatable bonds is 3. The minimum Gasteiger partial charge on any atom is -0.444 e. The molecule has 1 aliphatic heterocycles. The molecular formula is C18H27FN2O2. The fourth-order valence-electron chi connectivity index (χ4n) is 2.85. The number of carbonyl (C=O) groups excluding carboxylic acids is 1. The van der Waals surface area contributed by atoms with Crippen LogP contribution >= 0.6 is 0 Å². The third-order valence-electron chi connectivity index (χ3n) is 4.16. The molecule has 4 nitrogen and oxygen atoms in total. The standard InChI is InChI=1S/C18H27FN2O2/c1-13(20-16-8-6-5-7-15(16)19)14-9-11-21(12-10-14)17(22)23-18(2,3)4/h5-8,13-14,20H,9-12H2,1-4H3. The van der Waals surface area contributed by atoms with E-state index in [1.54, 1.807) is 17.0 Å². The molecule has 0 radical (unpaired) electrons. The number of carbonyl (C=O) groups is 1. The molecule has 1 unspecified atom stereocenters. The van der Waals surface area contributed by atoms with Crippen LogP contribution in [0.2, 0.25) is 0 Å². The number of halogens is 1. The summed E-state index contributed by atoms with van der Waals surface area (Å²) in [6, 6.07) is 6.88. The average molecular weight is 322 g/mol. The number of benzene rings is 1. The monoisotopic (exact) mass is 322 g/mol. The second-order valence-electron chi connectivity index (χ2n) is 7.22. The maximum atomic E-state index is 13.7. The zero-order chi connectivity index (χ0) is 17.0. The van der Waals surface area contributed by atoms with Crippen LogP contribution in [0.5, 0.6) is 0 Å². The van der Waals surface area contributed by atoms with Crippen LogP contribution in [0.4, 0.5) is 14.9 Å². The molecule has 128 valence electrons. The summed E-state index contributed by atoms with van der Waals surface area (Å²) in [6.07, 6.45) is 1.54. The number of likely N-dealkylation sites (tertiary alicyclic amines) is 1. The summed E-state index contributed by atoms with van der Waals surface area (Å²) >= 11 is 0. The van der Waals surface area contributed by atoms with Crippen molar-refractivity contribution in [3.63, 3.8) is 0 Å². The molecule has 1 atom stereocenters. The van der Waals surface area contributed by atoms with Crippen molar-refractivity contribution < 1.29 is 13.9 Å². The van der Waals surface area contributed by atoms with Gasteiger partial charge in [-0.05, 0) is 58.6 Å². The first kappa shape index (κ1) is 17.6. The van der Waals surface area contributed by atoms with E-state index >= 15 is 0 Å². The minimum atomic E-state index is -0.465. The van der Waals surface area contributed by atoms with Gasteiger partial charge in [-0.15, -0.1) is 0 Å². The number of nitrogens with zero attached hydrogens (tertiary/aromatic N) is 1. The Hall–Kier alpha value is -1.78. The van der Waals surface area contributed by atoms with Crippen molar-refractivity contribution in [2.75, 3.05) is 18.4 Å². The van der Waals surface area contributed by atoms with Crippen LogP contribution in [-0.2, 0) is 4.74 Å². The summed E-state index contributed by atoms with van der Waals surface area (Å²) in [6.45, 7) is 9.06. The van der Waals surface area contributed by atoms with Gasteiger partial charge >= 0.3 is 6.09 Å². The number of hydrogen-bond acceptors (Lipinski definition) is 3. The van der Waals surface area contributed by atoms with Crippen LogP contribution in [0.15, 0.2) is 24.3 Å². The summed E-state index contributed by atoms with van der Waals surface area (Å²) < 4.78 is 19.1. The van der Waals surface area contributed by atoms with Gasteiger partial charge in [0.05, 0.1) is 5.69 Å². The Morgan fingerprint density at radius 2 is 1.91 bits per heavy atom. The van der Waals surface area contributed by atoms with Gasteiger partial charge in [-0.3, -0.25) is 0 Å². The highest BCUT2D eigenvalue weighted by molar-refractivity contribution is 5.68. The summed E-state index contributed by atoms with van der Waals surface area (Å²) in [5.41, 5.74) is 0.0720. The van der Waals surface area contributed by atoms with Crippen LogP contribution < -0.4 is 5.32 Å². The third-order valence-corrected chi connectivity index (χ3v) is 4.16. The Morgan fingerprint density at radius 1 is 1.30 bits per heavy atom. The third kappa shape index (κ3) is 5.12. The summed E-state index contributed by atoms with van der Waals surface area (Å²) in [4.78, 5) is 13.8. The molecular weight excluding hydrogens is 295 g/mol. The first-order chi connectivity index (χ1) is 10.8. The fraction of sp³-hybridized carbons (Fsp3) is 0.611. The summed E-state index contributed by atoms with van der Waals surface area (Å²) in [7, 11) is 0. The van der Waals surface area contributed by atoms with Crippen LogP contribution in [0.25, 0.3) is 0 Å². The van der Waals surface area contributed by atoms with Crippen LogP contribution in [0, 0.1) is 11.7 Å². The van der Waals surface area contributed by atoms with E-state index in [1.165, 1.54) is 6.07 Å². The van der Waals surface area contributed by atoms with E-state index in [1.807, 2.05) is 26.8 Å². The molecule has 1 aromatic carbocycles. The highest BCUT2D eigenvalue weighted by atomic mass is 19.1. The molecule has 0 spiro atoms. The number of amides is 1. The largest absolute Gasteiger partial charge is 0.444 e. The van der Waals surface area contributed by atoms with Crippen molar-refractivity contribution in [3.8, 4) is 0 Å². The molecule has 0 aliphatic carbocycles. The SMILES string of the molecule is CC(Nc1ccccc1F)C1CCN(C(=O)OC(C)(C)C)CC1. The molecule has 1 N–H and O–H groups in total. The number of nitrogens with one attached hydrogen (secondary N) is 1. The van der Waals surface area contributed by atoms with Gasteiger partial charge in [-0.2, -0.15) is 0 Å². The lowest BCUT2D eigenvalue weighted by atomic mass is 9.90. The van der Waals surface area contributed by atoms with Crippen molar-refractivity contribution in [1.29, 1.82) is 0 Å². The number of piperidine rings is 1. The molecule has 1 saturated heterocycles. The quantitative estimate of drug-likeness (QED) is 0.903. The number of anilines is 1. The van der Waals surface area contributed by atoms with E-state index in [2.05, 4.69) is 12.2 Å². The van der Waals surface area contributed by atoms with E-state index in [9.17, 15) is 9.18 Å². The van der Waals surface area contributed by atoms with E-state index in [0.29, 0.717) is 24.7 Å². The Balaban J connectivity index is 1.84. The first-order valence-electron chi connectivity index (χ1n) is 8.25. The van der Waals surface area contributed by atoms with Crippen molar-refractivity contribution in [2.24, 2.45) is 5.92 Å². The van der Waals surface area contributed by atoms with Crippen molar-refractivity contribution >= 4 is 11.8 Å². The predicted octanol–water partition coefficient (Wildman–Crippen LogP) is 4.27. The molecule has 0 bridgehead atoms. The highest BCUT2D eigenvalue weighted by Gasteiger charge is 2.29. The van der Waals surface area contributed by atoms with Crippen molar-refractivity contribution in [2.45, 2.75) is 52.2 Å². The smallest absolute Gasteiger partial charge is 0.410 e. The molecule has 1 aromatic rings. The topological polar surface area (TPSA) is 41.6 Å². The molecule has 5 heteroatoms. The normalized spacial score (nSPS) is 17.7. The summed E-state index contributed by atoms with van der Waals surface area (Å²) in [5, 5.41) is 3.25. The Morgan fingerprint density at radius 3 is 2.48 bits per heavy atom. The molecule has 0 saturated carbocycles. The fourth-order valence-corrected chi connectivity index (χ4v) is 2.85. The molecule has 1 fully saturated rings. The Bertz CT molecular complexity index is 534. The number of para-hydroxylation sites is 1. The van der Waals surface area contributed by atoms with Gasteiger partial charge in [0, 0.05) is 19.1 Å². The minimum absolute atomic E-state index is 0.160. The van der Waals surface area contributed by atoms with E-state index in [-0.39, 0.29) is 18.0 Å². The van der Waals surface area contributed by atoms with Crippen LogP contribution in [0.1, 0.15) is 40.5 Å². The molecule has 1 aliphatic rings. The van der Waals surface area contributed by atoms with Gasteiger partial charge in [-0.25, -0.2) is 9.18 Å². The number of hydrogen-bond donors (Lipinski definition) is 1. The molecule has 23 heavy (non-hydrogen) atoms. The van der Waals surface area contributed by atoms with Gasteiger partial charge in [-0.1, -0.05) is 12.1 Å². The lowest BCUT2D eigenvalue weighted by Gasteiger charge is -2.36. The maximum absolute atomic E-state index is 13.7. The highest BCUT2D eigenvalue weighted by Crippen LogP contribution is 2.25. The zero-order valence-electron chi connectivity index (χ0n) is 14.4. The van der Waals surface area contributed by atoms with Crippen LogP contribution in [-0.4, -0.2) is 35.7 Å². The van der Waals surface area contributed by atoms with Crippen molar-refractivity contribution in [3.05, 3.63) is 30.1 Å². The molecule has 2 rings (SSSR count). The molecule has 1 amide bonds. The predicted molar refractivity (Wildman–Crippen MR) is 90.0 cm³/mol. The lowest BCUT2D eigenvalue weighted by molar-refractivity contribution is 0.0179. The lowest BCUT2D eigenvalue weighted by Crippen LogP contribution is -2.44. The Kier molecular flexibility index (Phi) is 5.50.